The maximum absolute atomic E-state index is 12.6. The minimum atomic E-state index is -3.59. The molecule has 106 valence electrons. The van der Waals surface area contributed by atoms with E-state index in [0.29, 0.717) is 17.9 Å². The van der Waals surface area contributed by atoms with E-state index in [1.54, 1.807) is 25.1 Å². The van der Waals surface area contributed by atoms with Crippen LogP contribution in [-0.4, -0.2) is 39.5 Å². The zero-order valence-corrected chi connectivity index (χ0v) is 12.1. The molecule has 1 aromatic carbocycles. The van der Waals surface area contributed by atoms with E-state index in [0.717, 1.165) is 0 Å². The number of sulfonamides is 1. The van der Waals surface area contributed by atoms with Gasteiger partial charge < -0.3 is 10.5 Å². The molecule has 0 spiro atoms. The van der Waals surface area contributed by atoms with Crippen molar-refractivity contribution in [3.8, 4) is 0 Å². The number of nitrogen functional groups attached to an aromatic ring is 1. The summed E-state index contributed by atoms with van der Waals surface area (Å²) in [5.41, 5.74) is 6.76. The minimum Gasteiger partial charge on any atom is -0.399 e. The van der Waals surface area contributed by atoms with Crippen LogP contribution in [0.2, 0.25) is 0 Å². The molecule has 0 heterocycles. The van der Waals surface area contributed by atoms with Crippen molar-refractivity contribution in [1.29, 1.82) is 0 Å². The lowest BCUT2D eigenvalue weighted by molar-refractivity contribution is 0.182. The maximum atomic E-state index is 12.6. The normalized spacial score (nSPS) is 11.7. The second-order valence-corrected chi connectivity index (χ2v) is 6.08. The lowest BCUT2D eigenvalue weighted by atomic mass is 10.2. The minimum absolute atomic E-state index is 0.227. The Morgan fingerprint density at radius 1 is 1.47 bits per heavy atom. The highest BCUT2D eigenvalue weighted by Gasteiger charge is 2.25. The Kier molecular flexibility index (Phi) is 5.53. The number of ether oxygens (including phenoxy) is 1. The Morgan fingerprint density at radius 2 is 2.16 bits per heavy atom. The third-order valence-electron chi connectivity index (χ3n) is 2.71. The van der Waals surface area contributed by atoms with Crippen LogP contribution in [0.5, 0.6) is 0 Å². The standard InChI is InChI=1S/C13H20N2O3S/c1-4-7-15(8-9-18-3)19(16,17)13-10-12(14)6-5-11(13)2/h4-6,10H,1,7-9,14H2,2-3H3. The highest BCUT2D eigenvalue weighted by molar-refractivity contribution is 7.89. The van der Waals surface area contributed by atoms with E-state index in [4.69, 9.17) is 10.5 Å². The third kappa shape index (κ3) is 3.79. The average molecular weight is 284 g/mol. The van der Waals surface area contributed by atoms with Gasteiger partial charge in [-0.3, -0.25) is 0 Å². The van der Waals surface area contributed by atoms with Crippen LogP contribution in [0.3, 0.4) is 0 Å². The van der Waals surface area contributed by atoms with Gasteiger partial charge in [-0.05, 0) is 24.6 Å². The van der Waals surface area contributed by atoms with Crippen molar-refractivity contribution in [3.05, 3.63) is 36.4 Å². The van der Waals surface area contributed by atoms with E-state index in [1.165, 1.54) is 17.5 Å². The summed E-state index contributed by atoms with van der Waals surface area (Å²) in [7, 11) is -2.05. The lowest BCUT2D eigenvalue weighted by Gasteiger charge is -2.21. The molecule has 0 aliphatic rings. The zero-order valence-electron chi connectivity index (χ0n) is 11.3. The van der Waals surface area contributed by atoms with Crippen molar-refractivity contribution in [1.82, 2.24) is 4.31 Å². The Labute approximate surface area is 114 Å². The molecule has 0 fully saturated rings. The molecule has 0 aliphatic heterocycles. The molecule has 0 unspecified atom stereocenters. The van der Waals surface area contributed by atoms with E-state index in [9.17, 15) is 8.42 Å². The molecule has 2 N–H and O–H groups in total. The van der Waals surface area contributed by atoms with Gasteiger partial charge in [-0.1, -0.05) is 12.1 Å². The van der Waals surface area contributed by atoms with E-state index in [2.05, 4.69) is 6.58 Å². The van der Waals surface area contributed by atoms with Crippen LogP contribution in [0.25, 0.3) is 0 Å². The molecular formula is C13H20N2O3S. The van der Waals surface area contributed by atoms with Gasteiger partial charge in [-0.25, -0.2) is 8.42 Å². The van der Waals surface area contributed by atoms with Crippen LogP contribution in [0, 0.1) is 6.92 Å². The highest BCUT2D eigenvalue weighted by atomic mass is 32.2. The molecular weight excluding hydrogens is 264 g/mol. The first-order valence-corrected chi connectivity index (χ1v) is 7.33. The van der Waals surface area contributed by atoms with E-state index in [1.807, 2.05) is 0 Å². The van der Waals surface area contributed by atoms with Crippen molar-refractivity contribution >= 4 is 15.7 Å². The molecule has 0 saturated carbocycles. The first-order valence-electron chi connectivity index (χ1n) is 5.89. The van der Waals surface area contributed by atoms with Gasteiger partial charge in [-0.2, -0.15) is 4.31 Å². The summed E-state index contributed by atoms with van der Waals surface area (Å²) in [4.78, 5) is 0.227. The van der Waals surface area contributed by atoms with Gasteiger partial charge in [0.1, 0.15) is 0 Å². The zero-order chi connectivity index (χ0) is 14.5. The highest BCUT2D eigenvalue weighted by Crippen LogP contribution is 2.22. The Hall–Kier alpha value is -1.37. The van der Waals surface area contributed by atoms with Crippen LogP contribution < -0.4 is 5.73 Å². The smallest absolute Gasteiger partial charge is 0.243 e. The van der Waals surface area contributed by atoms with Crippen LogP contribution in [0.4, 0.5) is 5.69 Å². The van der Waals surface area contributed by atoms with Crippen LogP contribution in [0.15, 0.2) is 35.7 Å². The second-order valence-electron chi connectivity index (χ2n) is 4.17. The number of hydrogen-bond donors (Lipinski definition) is 1. The molecule has 6 heteroatoms. The molecule has 0 aromatic heterocycles. The fourth-order valence-corrected chi connectivity index (χ4v) is 3.34. The van der Waals surface area contributed by atoms with Gasteiger partial charge in [0, 0.05) is 25.9 Å². The van der Waals surface area contributed by atoms with Gasteiger partial charge in [0.15, 0.2) is 0 Å². The van der Waals surface area contributed by atoms with Crippen molar-refractivity contribution < 1.29 is 13.2 Å². The predicted molar refractivity (Wildman–Crippen MR) is 76.4 cm³/mol. The number of rotatable bonds is 7. The molecule has 19 heavy (non-hydrogen) atoms. The van der Waals surface area contributed by atoms with Gasteiger partial charge in [-0.15, -0.1) is 6.58 Å². The van der Waals surface area contributed by atoms with E-state index in [-0.39, 0.29) is 18.0 Å². The molecule has 1 aromatic rings. The van der Waals surface area contributed by atoms with Crippen LogP contribution >= 0.6 is 0 Å². The number of nitrogens with two attached hydrogens (primary N) is 1. The van der Waals surface area contributed by atoms with Gasteiger partial charge in [0.05, 0.1) is 11.5 Å². The van der Waals surface area contributed by atoms with E-state index < -0.39 is 10.0 Å². The van der Waals surface area contributed by atoms with Crippen molar-refractivity contribution in [2.24, 2.45) is 0 Å². The molecule has 0 atom stereocenters. The quantitative estimate of drug-likeness (QED) is 0.607. The van der Waals surface area contributed by atoms with Gasteiger partial charge in [0.2, 0.25) is 10.0 Å². The number of methoxy groups -OCH3 is 1. The fraction of sp³-hybridized carbons (Fsp3) is 0.385. The molecule has 5 nitrogen and oxygen atoms in total. The largest absolute Gasteiger partial charge is 0.399 e. The van der Waals surface area contributed by atoms with Crippen LogP contribution in [-0.2, 0) is 14.8 Å². The number of benzene rings is 1. The second kappa shape index (κ2) is 6.70. The summed E-state index contributed by atoms with van der Waals surface area (Å²) in [5, 5.41) is 0. The summed E-state index contributed by atoms with van der Waals surface area (Å²) in [6.07, 6.45) is 1.55. The molecule has 0 aliphatic carbocycles. The maximum Gasteiger partial charge on any atom is 0.243 e. The van der Waals surface area contributed by atoms with Gasteiger partial charge >= 0.3 is 0 Å². The van der Waals surface area contributed by atoms with E-state index >= 15 is 0 Å². The summed E-state index contributed by atoms with van der Waals surface area (Å²) < 4.78 is 31.4. The molecule has 0 amide bonds. The van der Waals surface area contributed by atoms with Crippen molar-refractivity contribution in [3.63, 3.8) is 0 Å². The number of anilines is 1. The third-order valence-corrected chi connectivity index (χ3v) is 4.71. The van der Waals surface area contributed by atoms with Crippen LogP contribution in [0.1, 0.15) is 5.56 Å². The number of nitrogens with zero attached hydrogens (tertiary/aromatic N) is 1. The van der Waals surface area contributed by atoms with Crippen molar-refractivity contribution in [2.45, 2.75) is 11.8 Å². The van der Waals surface area contributed by atoms with Gasteiger partial charge in [0.25, 0.3) is 0 Å². The molecule has 0 bridgehead atoms. The predicted octanol–water partition coefficient (Wildman–Crippen LogP) is 1.40. The first kappa shape index (κ1) is 15.7. The molecule has 0 saturated heterocycles. The summed E-state index contributed by atoms with van der Waals surface area (Å²) in [6, 6.07) is 4.86. The molecule has 1 rings (SSSR count). The topological polar surface area (TPSA) is 72.6 Å². The Bertz CT molecular complexity index is 541. The Morgan fingerprint density at radius 3 is 2.74 bits per heavy atom. The average Bonchev–Trinajstić information content (AvgIpc) is 2.37. The number of hydrogen-bond acceptors (Lipinski definition) is 4. The summed E-state index contributed by atoms with van der Waals surface area (Å²) in [6.45, 7) is 6.17. The Balaban J connectivity index is 3.18. The number of aryl methyl sites for hydroxylation is 1. The fourth-order valence-electron chi connectivity index (χ4n) is 1.68. The first-order chi connectivity index (χ1) is 8.93. The summed E-state index contributed by atoms with van der Waals surface area (Å²) >= 11 is 0. The summed E-state index contributed by atoms with van der Waals surface area (Å²) in [5.74, 6) is 0. The SMILES string of the molecule is C=CCN(CCOC)S(=O)(=O)c1cc(N)ccc1C. The molecule has 0 radical (unpaired) electrons. The monoisotopic (exact) mass is 284 g/mol. The van der Waals surface area contributed by atoms with Crippen molar-refractivity contribution in [2.75, 3.05) is 32.5 Å². The lowest BCUT2D eigenvalue weighted by Crippen LogP contribution is -2.34.